The third-order valence-corrected chi connectivity index (χ3v) is 3.22. The SMILES string of the molecule is CNC1COCC1C(=O)NC(C)Cn1ccnc1. The lowest BCUT2D eigenvalue weighted by atomic mass is 10.0. The van der Waals surface area contributed by atoms with Gasteiger partial charge < -0.3 is 19.9 Å². The van der Waals surface area contributed by atoms with Crippen LogP contribution in [0.4, 0.5) is 0 Å². The molecule has 1 aliphatic heterocycles. The van der Waals surface area contributed by atoms with E-state index in [-0.39, 0.29) is 23.9 Å². The first kappa shape index (κ1) is 13.0. The van der Waals surface area contributed by atoms with Gasteiger partial charge in [0, 0.05) is 31.0 Å². The van der Waals surface area contributed by atoms with Gasteiger partial charge in [0.05, 0.1) is 25.5 Å². The van der Waals surface area contributed by atoms with Gasteiger partial charge in [-0.25, -0.2) is 4.98 Å². The average Bonchev–Trinajstić information content (AvgIpc) is 2.97. The largest absolute Gasteiger partial charge is 0.379 e. The summed E-state index contributed by atoms with van der Waals surface area (Å²) >= 11 is 0. The molecule has 1 saturated heterocycles. The molecule has 1 amide bonds. The van der Waals surface area contributed by atoms with Crippen LogP contribution in [0.25, 0.3) is 0 Å². The van der Waals surface area contributed by atoms with E-state index in [1.54, 1.807) is 12.5 Å². The van der Waals surface area contributed by atoms with Crippen molar-refractivity contribution in [1.82, 2.24) is 20.2 Å². The fourth-order valence-corrected chi connectivity index (χ4v) is 2.20. The minimum absolute atomic E-state index is 0.0551. The van der Waals surface area contributed by atoms with E-state index in [0.717, 1.165) is 6.54 Å². The van der Waals surface area contributed by atoms with Crippen molar-refractivity contribution in [2.75, 3.05) is 20.3 Å². The summed E-state index contributed by atoms with van der Waals surface area (Å²) in [6.07, 6.45) is 5.37. The van der Waals surface area contributed by atoms with Gasteiger partial charge in [-0.2, -0.15) is 0 Å². The smallest absolute Gasteiger partial charge is 0.227 e. The lowest BCUT2D eigenvalue weighted by Crippen LogP contribution is -2.46. The summed E-state index contributed by atoms with van der Waals surface area (Å²) in [5.41, 5.74) is 0. The van der Waals surface area contributed by atoms with Crippen LogP contribution in [-0.2, 0) is 16.1 Å². The van der Waals surface area contributed by atoms with Crippen molar-refractivity contribution in [2.45, 2.75) is 25.6 Å². The van der Waals surface area contributed by atoms with Gasteiger partial charge in [0.15, 0.2) is 0 Å². The molecule has 0 bridgehead atoms. The van der Waals surface area contributed by atoms with Crippen LogP contribution in [0.1, 0.15) is 6.92 Å². The fourth-order valence-electron chi connectivity index (χ4n) is 2.20. The van der Waals surface area contributed by atoms with Crippen LogP contribution in [0.3, 0.4) is 0 Å². The maximum atomic E-state index is 12.1. The Hall–Kier alpha value is -1.40. The van der Waals surface area contributed by atoms with Gasteiger partial charge in [0.1, 0.15) is 0 Å². The molecule has 3 unspecified atom stereocenters. The summed E-state index contributed by atoms with van der Waals surface area (Å²) in [7, 11) is 1.86. The molecule has 2 rings (SSSR count). The Bertz CT molecular complexity index is 379. The molecular weight excluding hydrogens is 232 g/mol. The van der Waals surface area contributed by atoms with Crippen molar-refractivity contribution >= 4 is 5.91 Å². The Labute approximate surface area is 107 Å². The van der Waals surface area contributed by atoms with Crippen LogP contribution in [-0.4, -0.2) is 47.8 Å². The van der Waals surface area contributed by atoms with Crippen molar-refractivity contribution in [1.29, 1.82) is 0 Å². The molecule has 0 saturated carbocycles. The Kier molecular flexibility index (Phi) is 4.33. The first-order valence-corrected chi connectivity index (χ1v) is 6.22. The summed E-state index contributed by atoms with van der Waals surface area (Å²) in [5.74, 6) is -0.0419. The first-order valence-electron chi connectivity index (χ1n) is 6.22. The van der Waals surface area contributed by atoms with E-state index >= 15 is 0 Å². The van der Waals surface area contributed by atoms with Crippen LogP contribution < -0.4 is 10.6 Å². The number of hydrogen-bond donors (Lipinski definition) is 2. The summed E-state index contributed by atoms with van der Waals surface area (Å²) in [5, 5.41) is 6.13. The molecule has 1 fully saturated rings. The molecule has 18 heavy (non-hydrogen) atoms. The van der Waals surface area contributed by atoms with Crippen molar-refractivity contribution in [2.24, 2.45) is 5.92 Å². The van der Waals surface area contributed by atoms with E-state index in [2.05, 4.69) is 15.6 Å². The van der Waals surface area contributed by atoms with Crippen LogP contribution in [0.2, 0.25) is 0 Å². The number of likely N-dealkylation sites (N-methyl/N-ethyl adjacent to an activating group) is 1. The summed E-state index contributed by atoms with van der Waals surface area (Å²) in [4.78, 5) is 16.1. The van der Waals surface area contributed by atoms with E-state index in [4.69, 9.17) is 4.74 Å². The van der Waals surface area contributed by atoms with Crippen LogP contribution in [0, 0.1) is 5.92 Å². The number of nitrogens with zero attached hydrogens (tertiary/aromatic N) is 2. The molecule has 6 heteroatoms. The predicted octanol–water partition coefficient (Wildman–Crippen LogP) is -0.378. The van der Waals surface area contributed by atoms with Crippen molar-refractivity contribution in [3.05, 3.63) is 18.7 Å². The molecule has 6 nitrogen and oxygen atoms in total. The second-order valence-corrected chi connectivity index (χ2v) is 4.71. The molecule has 1 aromatic heterocycles. The number of ether oxygens (including phenoxy) is 1. The van der Waals surface area contributed by atoms with Crippen LogP contribution in [0.15, 0.2) is 18.7 Å². The van der Waals surface area contributed by atoms with Crippen LogP contribution >= 0.6 is 0 Å². The quantitative estimate of drug-likeness (QED) is 0.750. The van der Waals surface area contributed by atoms with Gasteiger partial charge in [0.25, 0.3) is 0 Å². The number of imidazole rings is 1. The third kappa shape index (κ3) is 3.08. The Morgan fingerprint density at radius 1 is 1.61 bits per heavy atom. The minimum atomic E-state index is -0.0970. The highest BCUT2D eigenvalue weighted by Gasteiger charge is 2.33. The topological polar surface area (TPSA) is 68.2 Å². The number of nitrogens with one attached hydrogen (secondary N) is 2. The zero-order valence-corrected chi connectivity index (χ0v) is 10.8. The maximum Gasteiger partial charge on any atom is 0.227 e. The minimum Gasteiger partial charge on any atom is -0.379 e. The fraction of sp³-hybridized carbons (Fsp3) is 0.667. The molecule has 0 aliphatic carbocycles. The summed E-state index contributed by atoms with van der Waals surface area (Å²) in [6.45, 7) is 3.81. The number of amides is 1. The Balaban J connectivity index is 1.83. The molecule has 2 heterocycles. The standard InChI is InChI=1S/C12H20N4O2/c1-9(5-16-4-3-14-8-16)15-12(17)10-6-18-7-11(10)13-2/h3-4,8-11,13H,5-7H2,1-2H3,(H,15,17). The molecule has 0 aromatic carbocycles. The first-order chi connectivity index (χ1) is 8.70. The number of aromatic nitrogens is 2. The highest BCUT2D eigenvalue weighted by atomic mass is 16.5. The number of carbonyl (C=O) groups excluding carboxylic acids is 1. The van der Waals surface area contributed by atoms with Gasteiger partial charge >= 0.3 is 0 Å². The van der Waals surface area contributed by atoms with E-state index in [9.17, 15) is 4.79 Å². The van der Waals surface area contributed by atoms with Gasteiger partial charge in [-0.3, -0.25) is 4.79 Å². The average molecular weight is 252 g/mol. The summed E-state index contributed by atoms with van der Waals surface area (Å²) < 4.78 is 7.28. The normalized spacial score (nSPS) is 25.0. The molecule has 0 spiro atoms. The Morgan fingerprint density at radius 2 is 2.44 bits per heavy atom. The predicted molar refractivity (Wildman–Crippen MR) is 67.0 cm³/mol. The molecule has 0 radical (unpaired) electrons. The molecule has 2 N–H and O–H groups in total. The van der Waals surface area contributed by atoms with Crippen molar-refractivity contribution in [3.8, 4) is 0 Å². The number of carbonyl (C=O) groups is 1. The summed E-state index contributed by atoms with van der Waals surface area (Å²) in [6, 6.07) is 0.190. The highest BCUT2D eigenvalue weighted by Crippen LogP contribution is 2.13. The van der Waals surface area contributed by atoms with Gasteiger partial charge in [-0.1, -0.05) is 0 Å². The number of hydrogen-bond acceptors (Lipinski definition) is 4. The lowest BCUT2D eigenvalue weighted by molar-refractivity contribution is -0.126. The zero-order valence-electron chi connectivity index (χ0n) is 10.8. The van der Waals surface area contributed by atoms with Crippen molar-refractivity contribution < 1.29 is 9.53 Å². The monoisotopic (exact) mass is 252 g/mol. The van der Waals surface area contributed by atoms with E-state index in [1.165, 1.54) is 0 Å². The highest BCUT2D eigenvalue weighted by molar-refractivity contribution is 5.80. The second kappa shape index (κ2) is 5.97. The Morgan fingerprint density at radius 3 is 3.11 bits per heavy atom. The second-order valence-electron chi connectivity index (χ2n) is 4.71. The molecular formula is C12H20N4O2. The molecule has 3 atom stereocenters. The van der Waals surface area contributed by atoms with Gasteiger partial charge in [0.2, 0.25) is 5.91 Å². The molecule has 1 aliphatic rings. The third-order valence-electron chi connectivity index (χ3n) is 3.22. The van der Waals surface area contributed by atoms with Crippen LogP contribution in [0.5, 0.6) is 0 Å². The van der Waals surface area contributed by atoms with Crippen molar-refractivity contribution in [3.63, 3.8) is 0 Å². The maximum absolute atomic E-state index is 12.1. The van der Waals surface area contributed by atoms with E-state index < -0.39 is 0 Å². The van der Waals surface area contributed by atoms with E-state index in [0.29, 0.717) is 13.2 Å². The van der Waals surface area contributed by atoms with Gasteiger partial charge in [-0.15, -0.1) is 0 Å². The lowest BCUT2D eigenvalue weighted by Gasteiger charge is -2.20. The van der Waals surface area contributed by atoms with Gasteiger partial charge in [-0.05, 0) is 14.0 Å². The van der Waals surface area contributed by atoms with E-state index in [1.807, 2.05) is 24.7 Å². The molecule has 1 aromatic rings. The number of rotatable bonds is 5. The zero-order chi connectivity index (χ0) is 13.0. The molecule has 100 valence electrons.